The van der Waals surface area contributed by atoms with Crippen molar-refractivity contribution in [2.45, 2.75) is 19.1 Å². The van der Waals surface area contributed by atoms with Crippen LogP contribution in [-0.4, -0.2) is 37.1 Å². The van der Waals surface area contributed by atoms with Crippen LogP contribution in [0.5, 0.6) is 0 Å². The van der Waals surface area contributed by atoms with Gasteiger partial charge in [-0.3, -0.25) is 4.79 Å². The Morgan fingerprint density at radius 1 is 1.26 bits per heavy atom. The summed E-state index contributed by atoms with van der Waals surface area (Å²) in [7, 11) is 0. The number of carbonyl (C=O) groups is 1. The highest BCUT2D eigenvalue weighted by molar-refractivity contribution is 5.70. The number of rotatable bonds is 6. The second-order valence-electron chi connectivity index (χ2n) is 4.67. The lowest BCUT2D eigenvalue weighted by atomic mass is 9.98. The van der Waals surface area contributed by atoms with Gasteiger partial charge in [-0.05, 0) is 17.5 Å². The lowest BCUT2D eigenvalue weighted by molar-refractivity contribution is -0.141. The third-order valence-corrected chi connectivity index (χ3v) is 3.23. The number of nitrogens with two attached hydrogens (primary N) is 1. The fraction of sp³-hybridized carbons (Fsp3) is 0.500. The van der Waals surface area contributed by atoms with Crippen molar-refractivity contribution in [1.82, 2.24) is 0 Å². The molecular formula is C14H19NO4. The Labute approximate surface area is 112 Å². The third-order valence-electron chi connectivity index (χ3n) is 3.23. The number of carboxylic acid groups (broad SMARTS) is 1. The Balaban J connectivity index is 1.91. The van der Waals surface area contributed by atoms with E-state index < -0.39 is 11.9 Å². The second kappa shape index (κ2) is 6.65. The molecule has 0 amide bonds. The first kappa shape index (κ1) is 14.0. The molecule has 0 aliphatic carbocycles. The average Bonchev–Trinajstić information content (AvgIpc) is 2.90. The zero-order valence-corrected chi connectivity index (χ0v) is 10.7. The van der Waals surface area contributed by atoms with Gasteiger partial charge in [0, 0.05) is 13.0 Å². The molecule has 2 rings (SSSR count). The molecule has 5 heteroatoms. The summed E-state index contributed by atoms with van der Waals surface area (Å²) in [4.78, 5) is 10.9. The van der Waals surface area contributed by atoms with Gasteiger partial charge in [0.15, 0.2) is 6.29 Å². The Bertz CT molecular complexity index is 412. The Kier molecular flexibility index (Phi) is 4.90. The van der Waals surface area contributed by atoms with Crippen LogP contribution in [0.2, 0.25) is 0 Å². The van der Waals surface area contributed by atoms with Crippen LogP contribution < -0.4 is 5.73 Å². The smallest absolute Gasteiger partial charge is 0.308 e. The molecule has 1 atom stereocenters. The number of carboxylic acids is 1. The standard InChI is InChI=1S/C14H19NO4/c15-9-12(14(16)17)7-10-1-3-11(4-2-10)8-13-18-5-6-19-13/h1-4,12-13H,5-9,15H2,(H,16,17). The minimum Gasteiger partial charge on any atom is -0.481 e. The van der Waals surface area contributed by atoms with E-state index in [1.54, 1.807) is 0 Å². The molecule has 0 spiro atoms. The van der Waals surface area contributed by atoms with Crippen LogP contribution in [0.1, 0.15) is 11.1 Å². The van der Waals surface area contributed by atoms with Gasteiger partial charge in [-0.25, -0.2) is 0 Å². The molecule has 1 aromatic carbocycles. The molecule has 0 aromatic heterocycles. The first-order chi connectivity index (χ1) is 9.19. The van der Waals surface area contributed by atoms with Crippen LogP contribution in [0.15, 0.2) is 24.3 Å². The van der Waals surface area contributed by atoms with Crippen molar-refractivity contribution in [2.24, 2.45) is 11.7 Å². The lowest BCUT2D eigenvalue weighted by Gasteiger charge is -2.11. The first-order valence-electron chi connectivity index (χ1n) is 6.43. The Morgan fingerprint density at radius 2 is 1.84 bits per heavy atom. The molecule has 1 saturated heterocycles. The van der Waals surface area contributed by atoms with E-state index in [1.807, 2.05) is 24.3 Å². The molecule has 3 N–H and O–H groups in total. The van der Waals surface area contributed by atoms with Gasteiger partial charge in [0.25, 0.3) is 0 Å². The molecule has 0 saturated carbocycles. The summed E-state index contributed by atoms with van der Waals surface area (Å²) in [6, 6.07) is 7.84. The van der Waals surface area contributed by atoms with Crippen LogP contribution in [0.25, 0.3) is 0 Å². The maximum absolute atomic E-state index is 10.9. The summed E-state index contributed by atoms with van der Waals surface area (Å²) >= 11 is 0. The maximum atomic E-state index is 10.9. The van der Waals surface area contributed by atoms with Gasteiger partial charge < -0.3 is 20.3 Å². The summed E-state index contributed by atoms with van der Waals surface area (Å²) in [6.45, 7) is 1.46. The molecule has 104 valence electrons. The number of ether oxygens (including phenoxy) is 2. The van der Waals surface area contributed by atoms with Crippen molar-refractivity contribution < 1.29 is 19.4 Å². The molecule has 0 bridgehead atoms. The predicted octanol–water partition coefficient (Wildman–Crippen LogP) is 0.804. The summed E-state index contributed by atoms with van der Waals surface area (Å²) in [5, 5.41) is 8.97. The Hall–Kier alpha value is -1.43. The maximum Gasteiger partial charge on any atom is 0.308 e. The van der Waals surface area contributed by atoms with Crippen LogP contribution in [-0.2, 0) is 27.1 Å². The van der Waals surface area contributed by atoms with Gasteiger partial charge in [-0.2, -0.15) is 0 Å². The fourth-order valence-corrected chi connectivity index (χ4v) is 2.08. The first-order valence-corrected chi connectivity index (χ1v) is 6.43. The highest BCUT2D eigenvalue weighted by Crippen LogP contribution is 2.14. The molecule has 5 nitrogen and oxygen atoms in total. The zero-order valence-electron chi connectivity index (χ0n) is 10.7. The summed E-state index contributed by atoms with van der Waals surface area (Å²) in [5.41, 5.74) is 7.55. The van der Waals surface area contributed by atoms with Crippen LogP contribution in [0.3, 0.4) is 0 Å². The summed E-state index contributed by atoms with van der Waals surface area (Å²) < 4.78 is 10.8. The predicted molar refractivity (Wildman–Crippen MR) is 69.7 cm³/mol. The normalized spacial score (nSPS) is 17.5. The molecule has 1 unspecified atom stereocenters. The van der Waals surface area contributed by atoms with E-state index in [2.05, 4.69) is 0 Å². The minimum absolute atomic E-state index is 0.151. The molecule has 1 heterocycles. The van der Waals surface area contributed by atoms with Gasteiger partial charge in [0.05, 0.1) is 19.1 Å². The van der Waals surface area contributed by atoms with Crippen LogP contribution in [0, 0.1) is 5.92 Å². The average molecular weight is 265 g/mol. The minimum atomic E-state index is -0.848. The molecule has 1 aromatic rings. The number of hydrogen-bond donors (Lipinski definition) is 2. The van der Waals surface area contributed by atoms with Crippen LogP contribution >= 0.6 is 0 Å². The van der Waals surface area contributed by atoms with Crippen molar-refractivity contribution in [3.8, 4) is 0 Å². The number of hydrogen-bond acceptors (Lipinski definition) is 4. The summed E-state index contributed by atoms with van der Waals surface area (Å²) in [6.07, 6.45) is 1.03. The third kappa shape index (κ3) is 4.02. The monoisotopic (exact) mass is 265 g/mol. The highest BCUT2D eigenvalue weighted by Gasteiger charge is 2.17. The van der Waals surface area contributed by atoms with E-state index in [-0.39, 0.29) is 12.8 Å². The quantitative estimate of drug-likeness (QED) is 0.795. The van der Waals surface area contributed by atoms with E-state index in [4.69, 9.17) is 20.3 Å². The molecule has 1 fully saturated rings. The van der Waals surface area contributed by atoms with Crippen molar-refractivity contribution in [1.29, 1.82) is 0 Å². The lowest BCUT2D eigenvalue weighted by Crippen LogP contribution is -2.25. The van der Waals surface area contributed by atoms with Crippen molar-refractivity contribution in [3.63, 3.8) is 0 Å². The van der Waals surface area contributed by atoms with Gasteiger partial charge in [-0.1, -0.05) is 24.3 Å². The van der Waals surface area contributed by atoms with Gasteiger partial charge >= 0.3 is 5.97 Å². The van der Waals surface area contributed by atoms with E-state index in [0.717, 1.165) is 17.5 Å². The molecule has 1 aliphatic rings. The van der Waals surface area contributed by atoms with Crippen molar-refractivity contribution in [3.05, 3.63) is 35.4 Å². The number of benzene rings is 1. The van der Waals surface area contributed by atoms with Gasteiger partial charge in [0.1, 0.15) is 0 Å². The summed E-state index contributed by atoms with van der Waals surface area (Å²) in [5.74, 6) is -1.37. The van der Waals surface area contributed by atoms with Crippen molar-refractivity contribution >= 4 is 5.97 Å². The van der Waals surface area contributed by atoms with Gasteiger partial charge in [0.2, 0.25) is 0 Å². The van der Waals surface area contributed by atoms with Gasteiger partial charge in [-0.15, -0.1) is 0 Å². The molecule has 0 radical (unpaired) electrons. The second-order valence-corrected chi connectivity index (χ2v) is 4.67. The van der Waals surface area contributed by atoms with E-state index in [1.165, 1.54) is 0 Å². The molecule has 19 heavy (non-hydrogen) atoms. The highest BCUT2D eigenvalue weighted by atomic mass is 16.7. The SMILES string of the molecule is NCC(Cc1ccc(CC2OCCO2)cc1)C(=O)O. The zero-order chi connectivity index (χ0) is 13.7. The van der Waals surface area contributed by atoms with E-state index in [9.17, 15) is 4.79 Å². The van der Waals surface area contributed by atoms with E-state index >= 15 is 0 Å². The van der Waals surface area contributed by atoms with E-state index in [0.29, 0.717) is 19.6 Å². The van der Waals surface area contributed by atoms with Crippen LogP contribution in [0.4, 0.5) is 0 Å². The fourth-order valence-electron chi connectivity index (χ4n) is 2.08. The Morgan fingerprint density at radius 3 is 2.37 bits per heavy atom. The largest absolute Gasteiger partial charge is 0.481 e. The number of aliphatic carboxylic acids is 1. The topological polar surface area (TPSA) is 81.8 Å². The van der Waals surface area contributed by atoms with Crippen molar-refractivity contribution in [2.75, 3.05) is 19.8 Å². The molecular weight excluding hydrogens is 246 g/mol. The molecule has 1 aliphatic heterocycles.